The molecule has 6 nitrogen and oxygen atoms in total. The molecule has 0 fully saturated rings. The molecule has 148 valence electrons. The van der Waals surface area contributed by atoms with Gasteiger partial charge in [0, 0.05) is 28.8 Å². The number of hydrogen-bond donors (Lipinski definition) is 1. The van der Waals surface area contributed by atoms with Crippen LogP contribution in [0.1, 0.15) is 12.0 Å². The molecule has 4 rings (SSSR count). The van der Waals surface area contributed by atoms with Crippen LogP contribution < -0.4 is 10.4 Å². The summed E-state index contributed by atoms with van der Waals surface area (Å²) in [4.78, 5) is 15.9. The van der Waals surface area contributed by atoms with Gasteiger partial charge in [-0.15, -0.1) is 5.10 Å². The number of benzene rings is 2. The Morgan fingerprint density at radius 1 is 1.21 bits per heavy atom. The average Bonchev–Trinajstić information content (AvgIpc) is 3.16. The Morgan fingerprint density at radius 3 is 2.97 bits per heavy atom. The van der Waals surface area contributed by atoms with E-state index in [-0.39, 0.29) is 11.4 Å². The Morgan fingerprint density at radius 2 is 2.10 bits per heavy atom. The van der Waals surface area contributed by atoms with Crippen LogP contribution in [0, 0.1) is 12.7 Å². The molecule has 0 spiro atoms. The highest BCUT2D eigenvalue weighted by molar-refractivity contribution is 7.99. The minimum absolute atomic E-state index is 0.312. The van der Waals surface area contributed by atoms with Crippen molar-refractivity contribution in [2.24, 2.45) is 0 Å². The minimum Gasteiger partial charge on any atom is -0.493 e. The molecule has 0 aliphatic heterocycles. The van der Waals surface area contributed by atoms with Crippen molar-refractivity contribution in [2.75, 3.05) is 12.4 Å². The molecule has 0 amide bonds. The second-order valence-corrected chi connectivity index (χ2v) is 7.50. The summed E-state index contributed by atoms with van der Waals surface area (Å²) in [5.74, 6) is 1.65. The predicted molar refractivity (Wildman–Crippen MR) is 110 cm³/mol. The fourth-order valence-corrected chi connectivity index (χ4v) is 3.59. The Kier molecular flexibility index (Phi) is 5.62. The van der Waals surface area contributed by atoms with Gasteiger partial charge >= 0.3 is 5.63 Å². The number of rotatable bonds is 7. The third kappa shape index (κ3) is 4.65. The third-order valence-corrected chi connectivity index (χ3v) is 5.21. The molecule has 2 heterocycles. The van der Waals surface area contributed by atoms with E-state index >= 15 is 0 Å². The van der Waals surface area contributed by atoms with Gasteiger partial charge in [-0.25, -0.2) is 14.2 Å². The van der Waals surface area contributed by atoms with Crippen molar-refractivity contribution in [3.05, 3.63) is 70.3 Å². The molecule has 4 aromatic rings. The molecule has 0 saturated heterocycles. The first-order valence-electron chi connectivity index (χ1n) is 9.07. The fourth-order valence-electron chi connectivity index (χ4n) is 2.88. The molecule has 8 heteroatoms. The molecule has 1 N–H and O–H groups in total. The number of halogens is 1. The molecule has 0 aliphatic carbocycles. The zero-order valence-electron chi connectivity index (χ0n) is 15.6. The lowest BCUT2D eigenvalue weighted by atomic mass is 10.1. The maximum Gasteiger partial charge on any atom is 0.336 e. The zero-order chi connectivity index (χ0) is 20.2. The molecule has 29 heavy (non-hydrogen) atoms. The molecule has 0 aliphatic rings. The van der Waals surface area contributed by atoms with Gasteiger partial charge < -0.3 is 9.15 Å². The number of nitrogens with one attached hydrogen (secondary N) is 1. The second-order valence-electron chi connectivity index (χ2n) is 6.43. The Labute approximate surface area is 170 Å². The number of nitrogens with zero attached hydrogens (tertiary/aromatic N) is 2. The SMILES string of the molecule is Cc1cc(=O)oc2cc(OCCCSc3n[nH]c(-c4cccc(F)c4)n3)ccc12. The van der Waals surface area contributed by atoms with Gasteiger partial charge in [0.1, 0.15) is 17.1 Å². The van der Waals surface area contributed by atoms with Gasteiger partial charge in [-0.2, -0.15) is 0 Å². The van der Waals surface area contributed by atoms with E-state index in [2.05, 4.69) is 15.2 Å². The standard InChI is InChI=1S/C21H18FN3O3S/c1-13-10-19(26)28-18-12-16(6-7-17(13)18)27-8-3-9-29-21-23-20(24-25-21)14-4-2-5-15(22)11-14/h2,4-7,10-12H,3,8-9H2,1H3,(H,23,24,25). The van der Waals surface area contributed by atoms with E-state index < -0.39 is 0 Å². The minimum atomic E-state index is -0.368. The summed E-state index contributed by atoms with van der Waals surface area (Å²) in [6.45, 7) is 2.38. The van der Waals surface area contributed by atoms with Crippen molar-refractivity contribution < 1.29 is 13.5 Å². The van der Waals surface area contributed by atoms with Gasteiger partial charge in [-0.1, -0.05) is 23.9 Å². The second kappa shape index (κ2) is 8.48. The molecule has 2 aromatic heterocycles. The van der Waals surface area contributed by atoms with Crippen molar-refractivity contribution >= 4 is 22.7 Å². The number of ether oxygens (including phenoxy) is 1. The number of H-pyrrole nitrogens is 1. The highest BCUT2D eigenvalue weighted by Crippen LogP contribution is 2.23. The van der Waals surface area contributed by atoms with Gasteiger partial charge in [-0.3, -0.25) is 5.10 Å². The fraction of sp³-hybridized carbons (Fsp3) is 0.190. The molecule has 2 aromatic carbocycles. The molecular weight excluding hydrogens is 393 g/mol. The summed E-state index contributed by atoms with van der Waals surface area (Å²) in [7, 11) is 0. The van der Waals surface area contributed by atoms with Crippen LogP contribution in [0.3, 0.4) is 0 Å². The topological polar surface area (TPSA) is 81.0 Å². The van der Waals surface area contributed by atoms with Gasteiger partial charge in [0.25, 0.3) is 0 Å². The van der Waals surface area contributed by atoms with Gasteiger partial charge in [0.05, 0.1) is 6.61 Å². The number of aromatic amines is 1. The lowest BCUT2D eigenvalue weighted by molar-refractivity contribution is 0.318. The molecule has 0 atom stereocenters. The molecule has 0 saturated carbocycles. The first-order chi connectivity index (χ1) is 14.1. The van der Waals surface area contributed by atoms with Crippen LogP contribution in [0.25, 0.3) is 22.4 Å². The van der Waals surface area contributed by atoms with E-state index in [1.807, 2.05) is 19.1 Å². The van der Waals surface area contributed by atoms with Crippen LogP contribution in [0.5, 0.6) is 5.75 Å². The van der Waals surface area contributed by atoms with Crippen LogP contribution >= 0.6 is 11.8 Å². The highest BCUT2D eigenvalue weighted by Gasteiger charge is 2.07. The average molecular weight is 411 g/mol. The summed E-state index contributed by atoms with van der Waals surface area (Å²) in [6, 6.07) is 13.2. The van der Waals surface area contributed by atoms with E-state index in [0.29, 0.717) is 34.5 Å². The van der Waals surface area contributed by atoms with Crippen LogP contribution in [0.4, 0.5) is 4.39 Å². The summed E-state index contributed by atoms with van der Waals surface area (Å²) in [5, 5.41) is 8.48. The van der Waals surface area contributed by atoms with Crippen molar-refractivity contribution in [1.29, 1.82) is 0 Å². The number of aromatic nitrogens is 3. The van der Waals surface area contributed by atoms with E-state index in [1.54, 1.807) is 18.2 Å². The molecule has 0 radical (unpaired) electrons. The smallest absolute Gasteiger partial charge is 0.336 e. The summed E-state index contributed by atoms with van der Waals surface area (Å²) >= 11 is 1.49. The van der Waals surface area contributed by atoms with Crippen molar-refractivity contribution in [3.63, 3.8) is 0 Å². The molecular formula is C21H18FN3O3S. The summed E-state index contributed by atoms with van der Waals surface area (Å²) in [6.07, 6.45) is 0.782. The maximum atomic E-state index is 13.3. The third-order valence-electron chi connectivity index (χ3n) is 4.27. The van der Waals surface area contributed by atoms with Gasteiger partial charge in [0.15, 0.2) is 5.82 Å². The van der Waals surface area contributed by atoms with Crippen molar-refractivity contribution in [1.82, 2.24) is 15.2 Å². The largest absolute Gasteiger partial charge is 0.493 e. The quantitative estimate of drug-likeness (QED) is 0.272. The van der Waals surface area contributed by atoms with Crippen LogP contribution in [-0.2, 0) is 0 Å². The molecule has 0 bridgehead atoms. The van der Waals surface area contributed by atoms with Crippen LogP contribution in [-0.4, -0.2) is 27.5 Å². The Bertz CT molecular complexity index is 1210. The van der Waals surface area contributed by atoms with Crippen LogP contribution in [0.2, 0.25) is 0 Å². The lowest BCUT2D eigenvalue weighted by Gasteiger charge is -2.07. The highest BCUT2D eigenvalue weighted by atomic mass is 32.2. The Balaban J connectivity index is 1.28. The first-order valence-corrected chi connectivity index (χ1v) is 10.1. The predicted octanol–water partition coefficient (Wildman–Crippen LogP) is 4.59. The monoisotopic (exact) mass is 411 g/mol. The lowest BCUT2D eigenvalue weighted by Crippen LogP contribution is -2.00. The first kappa shape index (κ1) is 19.2. The summed E-state index contributed by atoms with van der Waals surface area (Å²) < 4.78 is 24.3. The summed E-state index contributed by atoms with van der Waals surface area (Å²) in [5.41, 5.74) is 1.69. The zero-order valence-corrected chi connectivity index (χ0v) is 16.5. The van der Waals surface area contributed by atoms with Gasteiger partial charge in [0.2, 0.25) is 5.16 Å². The number of aryl methyl sites for hydroxylation is 1. The van der Waals surface area contributed by atoms with Crippen molar-refractivity contribution in [3.8, 4) is 17.1 Å². The van der Waals surface area contributed by atoms with E-state index in [4.69, 9.17) is 9.15 Å². The Hall–Kier alpha value is -3.13. The van der Waals surface area contributed by atoms with E-state index in [1.165, 1.54) is 30.0 Å². The van der Waals surface area contributed by atoms with E-state index in [9.17, 15) is 9.18 Å². The number of fused-ring (bicyclic) bond motifs is 1. The van der Waals surface area contributed by atoms with E-state index in [0.717, 1.165) is 23.1 Å². The maximum absolute atomic E-state index is 13.3. The van der Waals surface area contributed by atoms with Gasteiger partial charge in [-0.05, 0) is 43.2 Å². The number of thioether (sulfide) groups is 1. The van der Waals surface area contributed by atoms with Crippen LogP contribution in [0.15, 0.2) is 62.9 Å². The number of hydrogen-bond acceptors (Lipinski definition) is 6. The normalized spacial score (nSPS) is 11.1. The van der Waals surface area contributed by atoms with Crippen molar-refractivity contribution in [2.45, 2.75) is 18.5 Å². The molecule has 0 unspecified atom stereocenters.